The largest absolute Gasteiger partial charge is 0.272 e. The van der Waals surface area contributed by atoms with Crippen LogP contribution in [-0.4, -0.2) is 10.9 Å². The van der Waals surface area contributed by atoms with Crippen molar-refractivity contribution in [3.05, 3.63) is 65.4 Å². The molecule has 0 bridgehead atoms. The number of para-hydroxylation sites is 1. The number of nitrogens with zero attached hydrogens (tertiary/aromatic N) is 2. The van der Waals surface area contributed by atoms with Crippen molar-refractivity contribution in [1.82, 2.24) is 4.98 Å². The van der Waals surface area contributed by atoms with Crippen molar-refractivity contribution >= 4 is 12.0 Å². The minimum Gasteiger partial charge on any atom is -0.272 e. The topological polar surface area (TPSA) is 42.3 Å². The predicted octanol–water partition coefficient (Wildman–Crippen LogP) is 1.10. The molecule has 0 N–H and O–H groups in total. The molecule has 1 aliphatic rings. The number of aromatic nitrogens is 1. The summed E-state index contributed by atoms with van der Waals surface area (Å²) in [5.41, 5.74) is 0. The zero-order chi connectivity index (χ0) is 11.9. The molecule has 0 unspecified atom stereocenters. The van der Waals surface area contributed by atoms with Crippen molar-refractivity contribution in [2.45, 2.75) is 6.42 Å². The van der Waals surface area contributed by atoms with Gasteiger partial charge in [-0.1, -0.05) is 30.3 Å². The maximum absolute atomic E-state index is 10.8. The summed E-state index contributed by atoms with van der Waals surface area (Å²) in [5.74, 6) is -0.0521. The van der Waals surface area contributed by atoms with E-state index in [2.05, 4.69) is 9.98 Å². The van der Waals surface area contributed by atoms with Crippen LogP contribution in [0.5, 0.6) is 0 Å². The number of rotatable bonds is 0. The molecule has 0 fully saturated rings. The molecule has 3 heteroatoms. The number of amides is 1. The van der Waals surface area contributed by atoms with Crippen molar-refractivity contribution in [2.75, 3.05) is 0 Å². The zero-order valence-electron chi connectivity index (χ0n) is 9.28. The lowest BCUT2D eigenvalue weighted by Crippen LogP contribution is -2.28. The van der Waals surface area contributed by atoms with Gasteiger partial charge in [-0.15, -0.1) is 0 Å². The number of hydrogen-bond donors (Lipinski definition) is 0. The van der Waals surface area contributed by atoms with Crippen molar-refractivity contribution in [2.24, 2.45) is 4.99 Å². The summed E-state index contributed by atoms with van der Waals surface area (Å²) >= 11 is 0. The van der Waals surface area contributed by atoms with Crippen molar-refractivity contribution in [3.63, 3.8) is 0 Å². The second-order valence-corrected chi connectivity index (χ2v) is 3.50. The Balaban J connectivity index is 0.000000153. The van der Waals surface area contributed by atoms with E-state index in [1.54, 1.807) is 12.4 Å². The van der Waals surface area contributed by atoms with Crippen LogP contribution in [0.4, 0.5) is 0 Å². The van der Waals surface area contributed by atoms with E-state index in [1.165, 1.54) is 0 Å². The molecule has 1 aliphatic heterocycles. The summed E-state index contributed by atoms with van der Waals surface area (Å²) in [6, 6.07) is 13.4. The van der Waals surface area contributed by atoms with Gasteiger partial charge >= 0.3 is 0 Å². The standard InChI is InChI=1S/C9H7NO.C5H5N/c11-9-6-5-7-3-1-2-4-8(7)10-9;1-2-4-6-5-3-1/h1-5H,6H2;1-5H. The van der Waals surface area contributed by atoms with Crippen molar-refractivity contribution in [1.29, 1.82) is 0 Å². The lowest BCUT2D eigenvalue weighted by molar-refractivity contribution is -0.117. The highest BCUT2D eigenvalue weighted by molar-refractivity contribution is 5.82. The van der Waals surface area contributed by atoms with Crippen LogP contribution in [-0.2, 0) is 4.79 Å². The van der Waals surface area contributed by atoms with Crippen LogP contribution in [0.25, 0.3) is 6.08 Å². The first-order valence-electron chi connectivity index (χ1n) is 5.38. The molecule has 0 saturated heterocycles. The van der Waals surface area contributed by atoms with E-state index in [0.29, 0.717) is 6.42 Å². The van der Waals surface area contributed by atoms with Gasteiger partial charge in [-0.05, 0) is 23.4 Å². The van der Waals surface area contributed by atoms with Gasteiger partial charge in [-0.25, -0.2) is 4.99 Å². The van der Waals surface area contributed by atoms with Crippen molar-refractivity contribution in [3.8, 4) is 0 Å². The first kappa shape index (κ1) is 11.2. The highest BCUT2D eigenvalue weighted by atomic mass is 16.1. The van der Waals surface area contributed by atoms with Gasteiger partial charge in [0.1, 0.15) is 0 Å². The molecule has 0 atom stereocenters. The van der Waals surface area contributed by atoms with E-state index in [-0.39, 0.29) is 5.91 Å². The van der Waals surface area contributed by atoms with Crippen LogP contribution in [0.3, 0.4) is 0 Å². The number of carbonyl (C=O) groups is 1. The van der Waals surface area contributed by atoms with Gasteiger partial charge in [-0.2, -0.15) is 0 Å². The van der Waals surface area contributed by atoms with Crippen LogP contribution in [0.2, 0.25) is 0 Å². The Morgan fingerprint density at radius 3 is 2.35 bits per heavy atom. The van der Waals surface area contributed by atoms with Gasteiger partial charge in [-0.3, -0.25) is 9.78 Å². The molecule has 0 aliphatic carbocycles. The second kappa shape index (κ2) is 5.70. The number of pyridine rings is 1. The van der Waals surface area contributed by atoms with E-state index >= 15 is 0 Å². The molecular weight excluding hydrogens is 212 g/mol. The lowest BCUT2D eigenvalue weighted by atomic mass is 10.2. The monoisotopic (exact) mass is 224 g/mol. The molecule has 0 spiro atoms. The predicted molar refractivity (Wildman–Crippen MR) is 65.5 cm³/mol. The Morgan fingerprint density at radius 1 is 0.941 bits per heavy atom. The highest BCUT2D eigenvalue weighted by Crippen LogP contribution is 1.88. The van der Waals surface area contributed by atoms with Gasteiger partial charge < -0.3 is 0 Å². The fraction of sp³-hybridized carbons (Fsp3) is 0.0714. The minimum atomic E-state index is -0.0521. The van der Waals surface area contributed by atoms with E-state index in [1.807, 2.05) is 48.5 Å². The third-order valence-electron chi connectivity index (χ3n) is 2.24. The highest BCUT2D eigenvalue weighted by Gasteiger charge is 2.00. The Bertz CT molecular complexity index is 579. The molecule has 0 radical (unpaired) electrons. The molecule has 2 aromatic rings. The normalized spacial score (nSPS) is 12.4. The maximum atomic E-state index is 10.8. The van der Waals surface area contributed by atoms with Crippen LogP contribution in [0.15, 0.2) is 59.9 Å². The summed E-state index contributed by atoms with van der Waals surface area (Å²) in [6.45, 7) is 0. The van der Waals surface area contributed by atoms with Crippen LogP contribution < -0.4 is 10.6 Å². The molecule has 17 heavy (non-hydrogen) atoms. The smallest absolute Gasteiger partial charge is 0.250 e. The fourth-order valence-electron chi connectivity index (χ4n) is 1.45. The van der Waals surface area contributed by atoms with Crippen molar-refractivity contribution < 1.29 is 4.79 Å². The van der Waals surface area contributed by atoms with Crippen LogP contribution in [0.1, 0.15) is 6.42 Å². The van der Waals surface area contributed by atoms with Crippen LogP contribution in [0, 0.1) is 0 Å². The Labute approximate surface area is 99.2 Å². The molecular formula is C14H12N2O. The maximum Gasteiger partial charge on any atom is 0.250 e. The molecule has 84 valence electrons. The summed E-state index contributed by atoms with van der Waals surface area (Å²) in [7, 11) is 0. The second-order valence-electron chi connectivity index (χ2n) is 3.50. The van der Waals surface area contributed by atoms with Gasteiger partial charge in [0, 0.05) is 18.8 Å². The van der Waals surface area contributed by atoms with Crippen LogP contribution >= 0.6 is 0 Å². The van der Waals surface area contributed by atoms with E-state index in [9.17, 15) is 4.79 Å². The molecule has 2 heterocycles. The average Bonchev–Trinajstić information content (AvgIpc) is 2.41. The molecule has 3 rings (SSSR count). The Hall–Kier alpha value is -2.29. The summed E-state index contributed by atoms with van der Waals surface area (Å²) < 4.78 is 0. The zero-order valence-corrected chi connectivity index (χ0v) is 9.28. The summed E-state index contributed by atoms with van der Waals surface area (Å²) in [6.07, 6.45) is 5.85. The number of fused-ring (bicyclic) bond motifs is 1. The third kappa shape index (κ3) is 3.34. The third-order valence-corrected chi connectivity index (χ3v) is 2.24. The van der Waals surface area contributed by atoms with Gasteiger partial charge in [0.2, 0.25) is 5.91 Å². The average molecular weight is 224 g/mol. The number of carbonyl (C=O) groups excluding carboxylic acids is 1. The quantitative estimate of drug-likeness (QED) is 0.672. The number of benzene rings is 1. The summed E-state index contributed by atoms with van der Waals surface area (Å²) in [4.78, 5) is 18.5. The molecule has 3 nitrogen and oxygen atoms in total. The first-order chi connectivity index (χ1) is 8.36. The lowest BCUT2D eigenvalue weighted by Gasteiger charge is -1.95. The number of hydrogen-bond acceptors (Lipinski definition) is 2. The SMILES string of the molecule is O=C1CC=c2ccccc2=N1.c1ccncc1. The molecule has 1 aromatic heterocycles. The fourth-order valence-corrected chi connectivity index (χ4v) is 1.45. The van der Waals surface area contributed by atoms with E-state index < -0.39 is 0 Å². The Morgan fingerprint density at radius 2 is 1.71 bits per heavy atom. The Kier molecular flexibility index (Phi) is 3.76. The summed E-state index contributed by atoms with van der Waals surface area (Å²) in [5, 5.41) is 1.86. The van der Waals surface area contributed by atoms with Gasteiger partial charge in [0.25, 0.3) is 0 Å². The van der Waals surface area contributed by atoms with Gasteiger partial charge in [0.05, 0.1) is 5.36 Å². The first-order valence-corrected chi connectivity index (χ1v) is 5.38. The molecule has 1 aromatic carbocycles. The molecule has 0 saturated carbocycles. The molecule has 1 amide bonds. The van der Waals surface area contributed by atoms with Gasteiger partial charge in [0.15, 0.2) is 0 Å². The van der Waals surface area contributed by atoms with E-state index in [0.717, 1.165) is 10.6 Å². The van der Waals surface area contributed by atoms with E-state index in [4.69, 9.17) is 0 Å². The minimum absolute atomic E-state index is 0.0521.